The molecule has 0 fully saturated rings. The van der Waals surface area contributed by atoms with Crippen LogP contribution in [0.4, 0.5) is 5.69 Å². The van der Waals surface area contributed by atoms with E-state index in [1.807, 2.05) is 72.8 Å². The molecule has 0 unspecified atom stereocenters. The van der Waals surface area contributed by atoms with Crippen LogP contribution in [0.1, 0.15) is 17.7 Å². The van der Waals surface area contributed by atoms with Gasteiger partial charge in [0.1, 0.15) is 5.65 Å². The van der Waals surface area contributed by atoms with Crippen molar-refractivity contribution >= 4 is 28.8 Å². The molecule has 2 aromatic heterocycles. The normalized spacial score (nSPS) is 11.0. The third kappa shape index (κ3) is 4.59. The summed E-state index contributed by atoms with van der Waals surface area (Å²) in [4.78, 5) is 17.6. The molecule has 0 radical (unpaired) electrons. The van der Waals surface area contributed by atoms with Crippen molar-refractivity contribution in [1.82, 2.24) is 9.38 Å². The third-order valence-electron chi connectivity index (χ3n) is 5.91. The lowest BCUT2D eigenvalue weighted by molar-refractivity contribution is -0.116. The van der Waals surface area contributed by atoms with Crippen molar-refractivity contribution in [3.63, 3.8) is 0 Å². The van der Waals surface area contributed by atoms with Crippen molar-refractivity contribution in [3.8, 4) is 22.4 Å². The molecule has 5 heteroatoms. The largest absolute Gasteiger partial charge is 0.326 e. The predicted molar refractivity (Wildman–Crippen MR) is 139 cm³/mol. The number of fused-ring (bicyclic) bond motifs is 1. The molecule has 0 saturated heterocycles. The van der Waals surface area contributed by atoms with Gasteiger partial charge in [0.2, 0.25) is 5.91 Å². The molecule has 3 aromatic carbocycles. The molecule has 0 bridgehead atoms. The fraction of sp³-hybridized carbons (Fsp3) is 0.103. The SMILES string of the molecule is Cc1cc(Cl)ccc1-c1ccc2nc(-c3ccccc3)c(CCC(=O)Nc3ccccc3)n2c1. The molecule has 0 saturated carbocycles. The van der Waals surface area contributed by atoms with Crippen molar-refractivity contribution in [3.05, 3.63) is 113 Å². The number of hydrogen-bond donors (Lipinski definition) is 1. The van der Waals surface area contributed by atoms with Gasteiger partial charge in [-0.2, -0.15) is 0 Å². The van der Waals surface area contributed by atoms with Crippen LogP contribution in [0.5, 0.6) is 0 Å². The summed E-state index contributed by atoms with van der Waals surface area (Å²) in [6.07, 6.45) is 3.02. The molecule has 0 aliphatic carbocycles. The first-order valence-corrected chi connectivity index (χ1v) is 11.6. The maximum atomic E-state index is 12.7. The highest BCUT2D eigenvalue weighted by atomic mass is 35.5. The summed E-state index contributed by atoms with van der Waals surface area (Å²) in [6, 6.07) is 29.7. The average molecular weight is 466 g/mol. The number of carbonyl (C=O) groups is 1. The standard InChI is InChI=1S/C29H24ClN3O/c1-20-18-23(30)13-14-25(20)22-12-16-27-32-29(21-8-4-2-5-9-21)26(33(27)19-22)15-17-28(34)31-24-10-6-3-7-11-24/h2-14,16,18-19H,15,17H2,1H3,(H,31,34). The van der Waals surface area contributed by atoms with Crippen molar-refractivity contribution in [2.75, 3.05) is 5.32 Å². The smallest absolute Gasteiger partial charge is 0.224 e. The summed E-state index contributed by atoms with van der Waals surface area (Å²) >= 11 is 6.17. The Labute approximate surface area is 203 Å². The van der Waals surface area contributed by atoms with E-state index >= 15 is 0 Å². The Kier molecular flexibility index (Phi) is 6.15. The van der Waals surface area contributed by atoms with Crippen LogP contribution < -0.4 is 5.32 Å². The second-order valence-electron chi connectivity index (χ2n) is 8.29. The van der Waals surface area contributed by atoms with Gasteiger partial charge in [-0.1, -0.05) is 66.2 Å². The Balaban J connectivity index is 1.53. The minimum Gasteiger partial charge on any atom is -0.326 e. The molecule has 0 aliphatic rings. The van der Waals surface area contributed by atoms with Gasteiger partial charge in [0.05, 0.1) is 11.4 Å². The lowest BCUT2D eigenvalue weighted by Gasteiger charge is -2.10. The topological polar surface area (TPSA) is 46.4 Å². The van der Waals surface area contributed by atoms with Crippen LogP contribution >= 0.6 is 11.6 Å². The number of aryl methyl sites for hydroxylation is 2. The van der Waals surface area contributed by atoms with E-state index in [0.717, 1.165) is 50.0 Å². The number of nitrogens with one attached hydrogen (secondary N) is 1. The van der Waals surface area contributed by atoms with Crippen LogP contribution in [0, 0.1) is 6.92 Å². The van der Waals surface area contributed by atoms with Crippen molar-refractivity contribution in [2.45, 2.75) is 19.8 Å². The third-order valence-corrected chi connectivity index (χ3v) is 6.15. The van der Waals surface area contributed by atoms with Crippen molar-refractivity contribution in [2.24, 2.45) is 0 Å². The van der Waals surface area contributed by atoms with Gasteiger partial charge < -0.3 is 9.72 Å². The molecule has 1 N–H and O–H groups in total. The highest BCUT2D eigenvalue weighted by molar-refractivity contribution is 6.30. The summed E-state index contributed by atoms with van der Waals surface area (Å²) in [5, 5.41) is 3.70. The summed E-state index contributed by atoms with van der Waals surface area (Å²) in [6.45, 7) is 2.06. The second-order valence-corrected chi connectivity index (χ2v) is 8.73. The number of pyridine rings is 1. The molecular weight excluding hydrogens is 442 g/mol. The fourth-order valence-electron chi connectivity index (χ4n) is 4.25. The van der Waals surface area contributed by atoms with Gasteiger partial charge in [-0.05, 0) is 66.4 Å². The predicted octanol–water partition coefficient (Wildman–Crippen LogP) is 7.20. The lowest BCUT2D eigenvalue weighted by atomic mass is 10.0. The molecule has 0 aliphatic heterocycles. The maximum absolute atomic E-state index is 12.7. The van der Waals surface area contributed by atoms with Crippen LogP contribution in [0.3, 0.4) is 0 Å². The Bertz CT molecular complexity index is 1460. The summed E-state index contributed by atoms with van der Waals surface area (Å²) < 4.78 is 2.11. The summed E-state index contributed by atoms with van der Waals surface area (Å²) in [7, 11) is 0. The van der Waals surface area contributed by atoms with Crippen molar-refractivity contribution < 1.29 is 4.79 Å². The van der Waals surface area contributed by atoms with Gasteiger partial charge >= 0.3 is 0 Å². The fourth-order valence-corrected chi connectivity index (χ4v) is 4.47. The molecule has 5 rings (SSSR count). The zero-order valence-corrected chi connectivity index (χ0v) is 19.6. The molecule has 34 heavy (non-hydrogen) atoms. The number of anilines is 1. The number of imidazole rings is 1. The Morgan fingerprint density at radius 3 is 2.38 bits per heavy atom. The monoisotopic (exact) mass is 465 g/mol. The number of benzene rings is 3. The number of aromatic nitrogens is 2. The number of halogens is 1. The van der Waals surface area contributed by atoms with E-state index in [-0.39, 0.29) is 5.91 Å². The van der Waals surface area contributed by atoms with Gasteiger partial charge in [0.25, 0.3) is 0 Å². The van der Waals surface area contributed by atoms with E-state index < -0.39 is 0 Å². The van der Waals surface area contributed by atoms with Crippen LogP contribution in [0.15, 0.2) is 97.2 Å². The summed E-state index contributed by atoms with van der Waals surface area (Å²) in [5.41, 5.74) is 7.91. The van der Waals surface area contributed by atoms with E-state index in [9.17, 15) is 4.79 Å². The van der Waals surface area contributed by atoms with Crippen LogP contribution in [-0.2, 0) is 11.2 Å². The number of nitrogens with zero attached hydrogens (tertiary/aromatic N) is 2. The Morgan fingerprint density at radius 2 is 1.65 bits per heavy atom. The van der Waals surface area contributed by atoms with Crippen LogP contribution in [-0.4, -0.2) is 15.3 Å². The first-order chi connectivity index (χ1) is 16.6. The lowest BCUT2D eigenvalue weighted by Crippen LogP contribution is -2.13. The number of carbonyl (C=O) groups excluding carboxylic acids is 1. The van der Waals surface area contributed by atoms with E-state index in [1.54, 1.807) is 0 Å². The van der Waals surface area contributed by atoms with Gasteiger partial charge in [-0.15, -0.1) is 0 Å². The van der Waals surface area contributed by atoms with Gasteiger partial charge in [0, 0.05) is 28.9 Å². The Morgan fingerprint density at radius 1 is 0.912 bits per heavy atom. The number of amides is 1. The summed E-state index contributed by atoms with van der Waals surface area (Å²) in [5.74, 6) is -0.0233. The molecule has 5 aromatic rings. The number of rotatable bonds is 6. The van der Waals surface area contributed by atoms with Gasteiger partial charge in [-0.25, -0.2) is 4.98 Å². The highest BCUT2D eigenvalue weighted by Gasteiger charge is 2.16. The molecule has 2 heterocycles. The molecular formula is C29H24ClN3O. The van der Waals surface area contributed by atoms with E-state index in [1.165, 1.54) is 0 Å². The number of hydrogen-bond acceptors (Lipinski definition) is 2. The zero-order chi connectivity index (χ0) is 23.5. The minimum atomic E-state index is -0.0233. The quantitative estimate of drug-likeness (QED) is 0.288. The zero-order valence-electron chi connectivity index (χ0n) is 18.8. The average Bonchev–Trinajstić information content (AvgIpc) is 3.22. The first kappa shape index (κ1) is 21.9. The second kappa shape index (κ2) is 9.54. The van der Waals surface area contributed by atoms with Gasteiger partial charge in [-0.3, -0.25) is 4.79 Å². The highest BCUT2D eigenvalue weighted by Crippen LogP contribution is 2.30. The van der Waals surface area contributed by atoms with Crippen LogP contribution in [0.2, 0.25) is 5.02 Å². The Hall–Kier alpha value is -3.89. The maximum Gasteiger partial charge on any atom is 0.224 e. The van der Waals surface area contributed by atoms with E-state index in [2.05, 4.69) is 41.0 Å². The molecule has 1 amide bonds. The van der Waals surface area contributed by atoms with Crippen molar-refractivity contribution in [1.29, 1.82) is 0 Å². The van der Waals surface area contributed by atoms with E-state index in [4.69, 9.17) is 16.6 Å². The van der Waals surface area contributed by atoms with Crippen LogP contribution in [0.25, 0.3) is 28.0 Å². The molecule has 0 atom stereocenters. The molecule has 168 valence electrons. The minimum absolute atomic E-state index is 0.0233. The van der Waals surface area contributed by atoms with E-state index in [0.29, 0.717) is 12.8 Å². The molecule has 4 nitrogen and oxygen atoms in total. The first-order valence-electron chi connectivity index (χ1n) is 11.3. The van der Waals surface area contributed by atoms with Gasteiger partial charge in [0.15, 0.2) is 0 Å². The molecule has 0 spiro atoms. The number of para-hydroxylation sites is 1.